The topological polar surface area (TPSA) is 44.8 Å². The van der Waals surface area contributed by atoms with Crippen molar-refractivity contribution in [2.45, 2.75) is 32.7 Å². The lowest BCUT2D eigenvalue weighted by atomic mass is 9.97. The van der Waals surface area contributed by atoms with Gasteiger partial charge in [0, 0.05) is 38.8 Å². The highest BCUT2D eigenvalue weighted by molar-refractivity contribution is 5.88. The Hall–Kier alpha value is -2.37. The third-order valence-corrected chi connectivity index (χ3v) is 5.78. The van der Waals surface area contributed by atoms with E-state index in [1.807, 2.05) is 24.3 Å². The van der Waals surface area contributed by atoms with Crippen molar-refractivity contribution in [1.29, 1.82) is 0 Å². The average molecular weight is 410 g/mol. The van der Waals surface area contributed by atoms with Gasteiger partial charge in [-0.15, -0.1) is 0 Å². The van der Waals surface area contributed by atoms with Crippen LogP contribution in [0.5, 0.6) is 5.75 Å². The van der Waals surface area contributed by atoms with Crippen molar-refractivity contribution in [2.75, 3.05) is 45.7 Å². The molecule has 0 unspecified atom stereocenters. The number of nitrogens with one attached hydrogen (secondary N) is 1. The molecular weight excluding hydrogens is 374 g/mol. The molecule has 1 fully saturated rings. The number of ether oxygens (including phenoxy) is 1. The molecule has 1 amide bonds. The Morgan fingerprint density at radius 2 is 1.83 bits per heavy atom. The number of anilines is 1. The first kappa shape index (κ1) is 22.3. The minimum Gasteiger partial charge on any atom is -0.497 e. The van der Waals surface area contributed by atoms with E-state index in [1.165, 1.54) is 44.0 Å². The molecule has 1 heterocycles. The molecule has 1 aliphatic heterocycles. The first-order chi connectivity index (χ1) is 14.5. The molecule has 2 aromatic rings. The van der Waals surface area contributed by atoms with Crippen molar-refractivity contribution in [3.8, 4) is 5.75 Å². The van der Waals surface area contributed by atoms with Crippen LogP contribution < -0.4 is 10.1 Å². The summed E-state index contributed by atoms with van der Waals surface area (Å²) in [6, 6.07) is 16.6. The zero-order valence-electron chi connectivity index (χ0n) is 18.6. The number of benzene rings is 2. The number of rotatable bonds is 9. The van der Waals surface area contributed by atoms with Gasteiger partial charge in [-0.25, -0.2) is 0 Å². The number of methoxy groups -OCH3 is 1. The smallest absolute Gasteiger partial charge is 0.221 e. The Labute approximate surface area is 181 Å². The molecule has 0 aliphatic carbocycles. The van der Waals surface area contributed by atoms with Crippen LogP contribution in [0, 0.1) is 5.92 Å². The SMILES string of the molecule is COc1ccc(CCN2CCC[C@@H](CN(C)Cc3ccc(NC(C)=O)cc3)C2)cc1. The van der Waals surface area contributed by atoms with Gasteiger partial charge in [0.2, 0.25) is 5.91 Å². The van der Waals surface area contributed by atoms with Crippen LogP contribution in [0.1, 0.15) is 30.9 Å². The quantitative estimate of drug-likeness (QED) is 0.679. The number of hydrogen-bond acceptors (Lipinski definition) is 4. The molecule has 2 aromatic carbocycles. The summed E-state index contributed by atoms with van der Waals surface area (Å²) in [6.07, 6.45) is 3.69. The summed E-state index contributed by atoms with van der Waals surface area (Å²) in [5.74, 6) is 1.61. The van der Waals surface area contributed by atoms with Gasteiger partial charge in [-0.1, -0.05) is 24.3 Å². The lowest BCUT2D eigenvalue weighted by molar-refractivity contribution is -0.114. The molecule has 0 spiro atoms. The van der Waals surface area contributed by atoms with Crippen LogP contribution in [0.2, 0.25) is 0 Å². The van der Waals surface area contributed by atoms with Crippen molar-refractivity contribution in [3.05, 3.63) is 59.7 Å². The van der Waals surface area contributed by atoms with Gasteiger partial charge in [-0.05, 0) is 74.2 Å². The molecule has 0 bridgehead atoms. The van der Waals surface area contributed by atoms with Crippen molar-refractivity contribution in [3.63, 3.8) is 0 Å². The third-order valence-electron chi connectivity index (χ3n) is 5.78. The van der Waals surface area contributed by atoms with E-state index >= 15 is 0 Å². The number of likely N-dealkylation sites (tertiary alicyclic amines) is 1. The molecule has 0 radical (unpaired) electrons. The maximum Gasteiger partial charge on any atom is 0.221 e. The van der Waals surface area contributed by atoms with Gasteiger partial charge >= 0.3 is 0 Å². The zero-order chi connectivity index (χ0) is 21.3. The first-order valence-corrected chi connectivity index (χ1v) is 10.9. The predicted octanol–water partition coefficient (Wildman–Crippen LogP) is 4.04. The van der Waals surface area contributed by atoms with E-state index in [9.17, 15) is 4.79 Å². The van der Waals surface area contributed by atoms with Crippen molar-refractivity contribution in [1.82, 2.24) is 9.80 Å². The Morgan fingerprint density at radius 3 is 2.50 bits per heavy atom. The number of piperidine rings is 1. The maximum atomic E-state index is 11.1. The van der Waals surface area contributed by atoms with Crippen LogP contribution in [0.25, 0.3) is 0 Å². The minimum absolute atomic E-state index is 0.0336. The Bertz CT molecular complexity index is 789. The van der Waals surface area contributed by atoms with E-state index < -0.39 is 0 Å². The van der Waals surface area contributed by atoms with Crippen molar-refractivity contribution in [2.24, 2.45) is 5.92 Å². The fourth-order valence-electron chi connectivity index (χ4n) is 4.30. The molecule has 5 heteroatoms. The largest absolute Gasteiger partial charge is 0.497 e. The molecule has 1 atom stereocenters. The lowest BCUT2D eigenvalue weighted by Crippen LogP contribution is -2.40. The summed E-state index contributed by atoms with van der Waals surface area (Å²) in [6.45, 7) is 7.10. The summed E-state index contributed by atoms with van der Waals surface area (Å²) < 4.78 is 5.25. The Kier molecular flexibility index (Phi) is 8.29. The fraction of sp³-hybridized carbons (Fsp3) is 0.480. The van der Waals surface area contributed by atoms with E-state index in [-0.39, 0.29) is 5.91 Å². The average Bonchev–Trinajstić information content (AvgIpc) is 2.74. The monoisotopic (exact) mass is 409 g/mol. The minimum atomic E-state index is -0.0336. The molecule has 0 saturated carbocycles. The van der Waals surface area contributed by atoms with Gasteiger partial charge in [-0.3, -0.25) is 4.79 Å². The molecule has 5 nitrogen and oxygen atoms in total. The van der Waals surface area contributed by atoms with E-state index in [0.717, 1.165) is 43.4 Å². The highest BCUT2D eigenvalue weighted by atomic mass is 16.5. The second kappa shape index (κ2) is 11.1. The number of nitrogens with zero attached hydrogens (tertiary/aromatic N) is 2. The number of carbonyl (C=O) groups excluding carboxylic acids is 1. The van der Waals surface area contributed by atoms with E-state index in [4.69, 9.17) is 4.74 Å². The van der Waals surface area contributed by atoms with Crippen molar-refractivity contribution >= 4 is 11.6 Å². The molecule has 3 rings (SSSR count). The first-order valence-electron chi connectivity index (χ1n) is 10.9. The molecule has 30 heavy (non-hydrogen) atoms. The van der Waals surface area contributed by atoms with Crippen LogP contribution in [0.15, 0.2) is 48.5 Å². The lowest BCUT2D eigenvalue weighted by Gasteiger charge is -2.34. The summed E-state index contributed by atoms with van der Waals surface area (Å²) in [7, 11) is 3.92. The molecule has 0 aromatic heterocycles. The second-order valence-electron chi connectivity index (χ2n) is 8.48. The zero-order valence-corrected chi connectivity index (χ0v) is 18.6. The van der Waals surface area contributed by atoms with E-state index in [2.05, 4.69) is 46.4 Å². The molecular formula is C25H35N3O2. The second-order valence-corrected chi connectivity index (χ2v) is 8.48. The van der Waals surface area contributed by atoms with Gasteiger partial charge in [-0.2, -0.15) is 0 Å². The van der Waals surface area contributed by atoms with Crippen molar-refractivity contribution < 1.29 is 9.53 Å². The molecule has 1 saturated heterocycles. The van der Waals surface area contributed by atoms with Crippen LogP contribution in [-0.4, -0.2) is 56.0 Å². The van der Waals surface area contributed by atoms with Gasteiger partial charge in [0.15, 0.2) is 0 Å². The Morgan fingerprint density at radius 1 is 1.13 bits per heavy atom. The maximum absolute atomic E-state index is 11.1. The number of amides is 1. The van der Waals surface area contributed by atoms with Gasteiger partial charge in [0.1, 0.15) is 5.75 Å². The van der Waals surface area contributed by atoms with Gasteiger partial charge in [0.25, 0.3) is 0 Å². The molecule has 162 valence electrons. The number of hydrogen-bond donors (Lipinski definition) is 1. The van der Waals surface area contributed by atoms with Gasteiger partial charge in [0.05, 0.1) is 7.11 Å². The number of carbonyl (C=O) groups is 1. The normalized spacial score (nSPS) is 17.1. The third kappa shape index (κ3) is 7.15. The standard InChI is InChI=1S/C25H35N3O2/c1-20(29)26-24-10-6-22(7-11-24)17-27(2)18-23-5-4-15-28(19-23)16-14-21-8-12-25(30-3)13-9-21/h6-13,23H,4-5,14-19H2,1-3H3,(H,26,29)/t23-/m0/s1. The van der Waals surface area contributed by atoms with E-state index in [0.29, 0.717) is 0 Å². The summed E-state index contributed by atoms with van der Waals surface area (Å²) in [5, 5.41) is 2.82. The summed E-state index contributed by atoms with van der Waals surface area (Å²) in [5.41, 5.74) is 3.50. The summed E-state index contributed by atoms with van der Waals surface area (Å²) >= 11 is 0. The van der Waals surface area contributed by atoms with Crippen LogP contribution in [-0.2, 0) is 17.8 Å². The summed E-state index contributed by atoms with van der Waals surface area (Å²) in [4.78, 5) is 16.2. The van der Waals surface area contributed by atoms with Gasteiger partial charge < -0.3 is 19.9 Å². The highest BCUT2D eigenvalue weighted by Gasteiger charge is 2.21. The fourth-order valence-corrected chi connectivity index (χ4v) is 4.30. The molecule has 1 aliphatic rings. The highest BCUT2D eigenvalue weighted by Crippen LogP contribution is 2.20. The Balaban J connectivity index is 1.42. The van der Waals surface area contributed by atoms with Crippen LogP contribution in [0.4, 0.5) is 5.69 Å². The van der Waals surface area contributed by atoms with E-state index in [1.54, 1.807) is 7.11 Å². The van der Waals surface area contributed by atoms with Crippen LogP contribution >= 0.6 is 0 Å². The van der Waals surface area contributed by atoms with Crippen LogP contribution in [0.3, 0.4) is 0 Å². The predicted molar refractivity (Wildman–Crippen MR) is 123 cm³/mol. The molecule has 1 N–H and O–H groups in total.